The summed E-state index contributed by atoms with van der Waals surface area (Å²) in [5.74, 6) is -0.895. The minimum atomic E-state index is -0.628. The molecule has 1 atom stereocenters. The molecule has 148 valence electrons. The summed E-state index contributed by atoms with van der Waals surface area (Å²) < 4.78 is 27.8. The van der Waals surface area contributed by atoms with Crippen LogP contribution in [0.2, 0.25) is 0 Å². The van der Waals surface area contributed by atoms with Gasteiger partial charge in [-0.15, -0.1) is 0 Å². The fourth-order valence-electron chi connectivity index (χ4n) is 3.78. The number of hydrazone groups is 1. The summed E-state index contributed by atoms with van der Waals surface area (Å²) in [6.07, 6.45) is 4.42. The van der Waals surface area contributed by atoms with Gasteiger partial charge in [0.05, 0.1) is 6.04 Å². The highest BCUT2D eigenvalue weighted by atomic mass is 19.1. The average Bonchev–Trinajstić information content (AvgIpc) is 3.24. The molecular weight excluding hydrogens is 378 g/mol. The van der Waals surface area contributed by atoms with E-state index in [1.165, 1.54) is 11.3 Å². The molecule has 1 saturated heterocycles. The standard InChI is InChI=1S/C20H18F2N6O/c21-14-1-2-17(22)16(9-14)18-3-6-26-28(18)20(29)13-4-7-27(8-5-13)19-10-15(11-23)24-12-25-19/h1-2,6,9-10,12-13,18H,3-5,7-8H2/t18-/m0/s1. The van der Waals surface area contributed by atoms with Gasteiger partial charge in [-0.2, -0.15) is 10.4 Å². The van der Waals surface area contributed by atoms with Crippen molar-refractivity contribution in [3.05, 3.63) is 53.5 Å². The molecule has 1 amide bonds. The van der Waals surface area contributed by atoms with Gasteiger partial charge in [-0.05, 0) is 31.0 Å². The molecule has 4 rings (SSSR count). The summed E-state index contributed by atoms with van der Waals surface area (Å²) in [5.41, 5.74) is 0.429. The van der Waals surface area contributed by atoms with E-state index in [0.29, 0.717) is 43.9 Å². The fourth-order valence-corrected chi connectivity index (χ4v) is 3.78. The lowest BCUT2D eigenvalue weighted by molar-refractivity contribution is -0.138. The van der Waals surface area contributed by atoms with Gasteiger partial charge in [0, 0.05) is 43.3 Å². The Morgan fingerprint density at radius 3 is 2.72 bits per heavy atom. The number of amides is 1. The molecule has 2 aromatic rings. The normalized spacial score (nSPS) is 19.4. The monoisotopic (exact) mass is 396 g/mol. The Bertz CT molecular complexity index is 997. The number of carbonyl (C=O) groups is 1. The van der Waals surface area contributed by atoms with E-state index in [1.54, 1.807) is 12.3 Å². The van der Waals surface area contributed by atoms with E-state index in [-0.39, 0.29) is 17.4 Å². The first kappa shape index (κ1) is 18.9. The number of halogens is 2. The quantitative estimate of drug-likeness (QED) is 0.796. The summed E-state index contributed by atoms with van der Waals surface area (Å²) in [7, 11) is 0. The third-order valence-corrected chi connectivity index (χ3v) is 5.31. The first-order valence-corrected chi connectivity index (χ1v) is 9.34. The maximum atomic E-state index is 14.2. The molecule has 0 radical (unpaired) electrons. The first-order chi connectivity index (χ1) is 14.1. The SMILES string of the molecule is N#Cc1cc(N2CCC(C(=O)N3N=CC[C@H]3c3cc(F)ccc3F)CC2)ncn1. The van der Waals surface area contributed by atoms with Crippen molar-refractivity contribution in [2.24, 2.45) is 11.0 Å². The molecule has 2 aliphatic heterocycles. The average molecular weight is 396 g/mol. The maximum Gasteiger partial charge on any atom is 0.246 e. The van der Waals surface area contributed by atoms with Crippen molar-refractivity contribution in [3.63, 3.8) is 0 Å². The van der Waals surface area contributed by atoms with E-state index < -0.39 is 17.7 Å². The zero-order valence-electron chi connectivity index (χ0n) is 15.5. The molecule has 0 bridgehead atoms. The van der Waals surface area contributed by atoms with E-state index >= 15 is 0 Å². The van der Waals surface area contributed by atoms with Crippen LogP contribution in [0.1, 0.15) is 36.6 Å². The Kier molecular flexibility index (Phi) is 5.16. The highest BCUT2D eigenvalue weighted by molar-refractivity contribution is 5.82. The lowest BCUT2D eigenvalue weighted by atomic mass is 9.94. The van der Waals surface area contributed by atoms with E-state index in [1.807, 2.05) is 11.0 Å². The van der Waals surface area contributed by atoms with Gasteiger partial charge in [-0.25, -0.2) is 23.8 Å². The second kappa shape index (κ2) is 7.91. The van der Waals surface area contributed by atoms with Crippen molar-refractivity contribution in [2.45, 2.75) is 25.3 Å². The van der Waals surface area contributed by atoms with Crippen LogP contribution in [0, 0.1) is 28.9 Å². The lowest BCUT2D eigenvalue weighted by Gasteiger charge is -2.34. The number of nitriles is 1. The van der Waals surface area contributed by atoms with Crippen molar-refractivity contribution in [1.82, 2.24) is 15.0 Å². The number of aromatic nitrogens is 2. The molecule has 0 aliphatic carbocycles. The van der Waals surface area contributed by atoms with Gasteiger partial charge in [0.15, 0.2) is 0 Å². The fraction of sp³-hybridized carbons (Fsp3) is 0.350. The number of hydrogen-bond acceptors (Lipinski definition) is 6. The zero-order chi connectivity index (χ0) is 20.4. The van der Waals surface area contributed by atoms with Crippen molar-refractivity contribution in [3.8, 4) is 6.07 Å². The van der Waals surface area contributed by atoms with Crippen LogP contribution in [-0.2, 0) is 4.79 Å². The first-order valence-electron chi connectivity index (χ1n) is 9.34. The molecule has 7 nitrogen and oxygen atoms in total. The van der Waals surface area contributed by atoms with Gasteiger partial charge >= 0.3 is 0 Å². The van der Waals surface area contributed by atoms with Gasteiger partial charge in [0.25, 0.3) is 0 Å². The molecule has 0 spiro atoms. The van der Waals surface area contributed by atoms with Crippen molar-refractivity contribution in [2.75, 3.05) is 18.0 Å². The van der Waals surface area contributed by atoms with Gasteiger partial charge in [0.1, 0.15) is 35.5 Å². The third-order valence-electron chi connectivity index (χ3n) is 5.31. The predicted molar refractivity (Wildman–Crippen MR) is 101 cm³/mol. The highest BCUT2D eigenvalue weighted by Crippen LogP contribution is 2.33. The largest absolute Gasteiger partial charge is 0.356 e. The van der Waals surface area contributed by atoms with Crippen LogP contribution >= 0.6 is 0 Å². The molecule has 0 unspecified atom stereocenters. The number of rotatable bonds is 3. The summed E-state index contributed by atoms with van der Waals surface area (Å²) in [4.78, 5) is 23.1. The number of piperidine rings is 1. The van der Waals surface area contributed by atoms with Crippen molar-refractivity contribution in [1.29, 1.82) is 5.26 Å². The summed E-state index contributed by atoms with van der Waals surface area (Å²) in [5, 5.41) is 14.4. The van der Waals surface area contributed by atoms with Gasteiger partial charge in [-0.1, -0.05) is 0 Å². The Morgan fingerprint density at radius 1 is 1.17 bits per heavy atom. The molecule has 3 heterocycles. The highest BCUT2D eigenvalue weighted by Gasteiger charge is 2.36. The topological polar surface area (TPSA) is 85.5 Å². The van der Waals surface area contributed by atoms with Crippen LogP contribution in [-0.4, -0.2) is 40.2 Å². The van der Waals surface area contributed by atoms with Crippen LogP contribution < -0.4 is 4.90 Å². The molecule has 0 saturated carbocycles. The smallest absolute Gasteiger partial charge is 0.246 e. The number of carbonyl (C=O) groups excluding carboxylic acids is 1. The Balaban J connectivity index is 1.44. The van der Waals surface area contributed by atoms with Crippen LogP contribution in [0.4, 0.5) is 14.6 Å². The molecule has 29 heavy (non-hydrogen) atoms. The van der Waals surface area contributed by atoms with Crippen LogP contribution in [0.5, 0.6) is 0 Å². The lowest BCUT2D eigenvalue weighted by Crippen LogP contribution is -2.41. The zero-order valence-corrected chi connectivity index (χ0v) is 15.5. The molecular formula is C20H18F2N6O. The second-order valence-electron chi connectivity index (χ2n) is 7.03. The van der Waals surface area contributed by atoms with Crippen LogP contribution in [0.25, 0.3) is 0 Å². The molecule has 2 aliphatic rings. The molecule has 1 fully saturated rings. The molecule has 1 aromatic heterocycles. The summed E-state index contributed by atoms with van der Waals surface area (Å²) in [6.45, 7) is 1.18. The number of nitrogens with zero attached hydrogens (tertiary/aromatic N) is 6. The van der Waals surface area contributed by atoms with Gasteiger partial charge < -0.3 is 4.90 Å². The van der Waals surface area contributed by atoms with E-state index in [2.05, 4.69) is 15.1 Å². The van der Waals surface area contributed by atoms with E-state index in [0.717, 1.165) is 18.2 Å². The number of benzene rings is 1. The van der Waals surface area contributed by atoms with Crippen molar-refractivity contribution >= 4 is 17.9 Å². The van der Waals surface area contributed by atoms with E-state index in [4.69, 9.17) is 5.26 Å². The Morgan fingerprint density at radius 2 is 1.97 bits per heavy atom. The van der Waals surface area contributed by atoms with Gasteiger partial charge in [-0.3, -0.25) is 4.79 Å². The minimum absolute atomic E-state index is 0.137. The molecule has 1 aromatic carbocycles. The summed E-state index contributed by atoms with van der Waals surface area (Å²) in [6, 6.07) is 6.23. The number of hydrogen-bond donors (Lipinski definition) is 0. The van der Waals surface area contributed by atoms with Crippen LogP contribution in [0.15, 0.2) is 35.7 Å². The predicted octanol–water partition coefficient (Wildman–Crippen LogP) is 2.80. The third kappa shape index (κ3) is 3.78. The Labute approximate surface area is 166 Å². The minimum Gasteiger partial charge on any atom is -0.356 e. The second-order valence-corrected chi connectivity index (χ2v) is 7.03. The molecule has 9 heteroatoms. The van der Waals surface area contributed by atoms with E-state index in [9.17, 15) is 13.6 Å². The summed E-state index contributed by atoms with van der Waals surface area (Å²) >= 11 is 0. The number of anilines is 1. The van der Waals surface area contributed by atoms with Crippen molar-refractivity contribution < 1.29 is 13.6 Å². The van der Waals surface area contributed by atoms with Crippen LogP contribution in [0.3, 0.4) is 0 Å². The maximum absolute atomic E-state index is 14.2. The Hall–Kier alpha value is -3.41. The molecule has 0 N–H and O–H groups in total. The van der Waals surface area contributed by atoms with Gasteiger partial charge in [0.2, 0.25) is 5.91 Å².